The molecule has 0 N–H and O–H groups in total. The molecule has 5 aliphatic rings. The van der Waals surface area contributed by atoms with Gasteiger partial charge in [-0.15, -0.1) is 0 Å². The molecule has 2 amide bonds. The summed E-state index contributed by atoms with van der Waals surface area (Å²) in [7, 11) is 0. The lowest BCUT2D eigenvalue weighted by Gasteiger charge is -2.36. The predicted molar refractivity (Wildman–Crippen MR) is 111 cm³/mol. The van der Waals surface area contributed by atoms with Crippen LogP contribution in [0.5, 0.6) is 0 Å². The van der Waals surface area contributed by atoms with Crippen molar-refractivity contribution in [1.29, 1.82) is 0 Å². The van der Waals surface area contributed by atoms with Gasteiger partial charge in [0.15, 0.2) is 0 Å². The van der Waals surface area contributed by atoms with E-state index in [9.17, 15) is 9.59 Å². The Morgan fingerprint density at radius 2 is 1.28 bits per heavy atom. The Labute approximate surface area is 170 Å². The third-order valence-electron chi connectivity index (χ3n) is 8.67. The highest BCUT2D eigenvalue weighted by Crippen LogP contribution is 2.70. The second-order valence-electron chi connectivity index (χ2n) is 9.61. The van der Waals surface area contributed by atoms with Crippen LogP contribution in [0.1, 0.15) is 12.8 Å². The van der Waals surface area contributed by atoms with Gasteiger partial charge >= 0.3 is 0 Å². The maximum Gasteiger partial charge on any atom is 0.238 e. The van der Waals surface area contributed by atoms with Gasteiger partial charge in [-0.05, 0) is 60.0 Å². The molecule has 3 nitrogen and oxygen atoms in total. The molecule has 4 bridgehead atoms. The van der Waals surface area contributed by atoms with Crippen molar-refractivity contribution in [3.05, 3.63) is 66.7 Å². The van der Waals surface area contributed by atoms with Crippen LogP contribution in [0.2, 0.25) is 0 Å². The fourth-order valence-corrected chi connectivity index (χ4v) is 7.89. The van der Waals surface area contributed by atoms with Crippen molar-refractivity contribution in [2.24, 2.45) is 47.3 Å². The molecule has 29 heavy (non-hydrogen) atoms. The van der Waals surface area contributed by atoms with Crippen molar-refractivity contribution in [2.75, 3.05) is 4.90 Å². The minimum absolute atomic E-state index is 0.0566. The molecule has 8 atom stereocenters. The number of allylic oxidation sites excluding steroid dienone is 2. The van der Waals surface area contributed by atoms with Crippen LogP contribution < -0.4 is 4.90 Å². The second kappa shape index (κ2) is 5.47. The van der Waals surface area contributed by atoms with E-state index in [-0.39, 0.29) is 23.7 Å². The summed E-state index contributed by atoms with van der Waals surface area (Å²) in [5.74, 6) is 3.30. The fraction of sp³-hybridized carbons (Fsp3) is 0.385. The molecule has 2 aromatic rings. The van der Waals surface area contributed by atoms with Gasteiger partial charge in [0.25, 0.3) is 0 Å². The lowest BCUT2D eigenvalue weighted by molar-refractivity contribution is -0.123. The number of hydrogen-bond acceptors (Lipinski definition) is 2. The summed E-state index contributed by atoms with van der Waals surface area (Å²) in [5.41, 5.74) is 2.76. The number of para-hydroxylation sites is 1. The summed E-state index contributed by atoms with van der Waals surface area (Å²) < 4.78 is 0. The van der Waals surface area contributed by atoms with Crippen molar-refractivity contribution in [3.8, 4) is 11.1 Å². The van der Waals surface area contributed by atoms with Gasteiger partial charge in [0.1, 0.15) is 0 Å². The van der Waals surface area contributed by atoms with E-state index in [0.29, 0.717) is 35.5 Å². The first-order valence-electron chi connectivity index (χ1n) is 10.9. The van der Waals surface area contributed by atoms with Gasteiger partial charge in [0.05, 0.1) is 17.5 Å². The van der Waals surface area contributed by atoms with Gasteiger partial charge in [0, 0.05) is 5.56 Å². The van der Waals surface area contributed by atoms with Crippen molar-refractivity contribution < 1.29 is 9.59 Å². The Kier molecular flexibility index (Phi) is 3.05. The lowest BCUT2D eigenvalue weighted by Crippen LogP contribution is -2.38. The average Bonchev–Trinajstić information content (AvgIpc) is 3.55. The number of nitrogens with zero attached hydrogens (tertiary/aromatic N) is 1. The first kappa shape index (κ1) is 16.2. The number of rotatable bonds is 2. The summed E-state index contributed by atoms with van der Waals surface area (Å²) in [6.07, 6.45) is 7.13. The molecule has 7 rings (SSSR count). The van der Waals surface area contributed by atoms with Crippen LogP contribution >= 0.6 is 0 Å². The molecule has 2 aromatic carbocycles. The molecule has 8 unspecified atom stereocenters. The Balaban J connectivity index is 1.31. The largest absolute Gasteiger partial charge is 0.274 e. The molecular formula is C26H23NO2. The molecule has 4 fully saturated rings. The molecule has 1 saturated heterocycles. The number of carbonyl (C=O) groups is 2. The van der Waals surface area contributed by atoms with E-state index in [0.717, 1.165) is 23.2 Å². The molecule has 1 aliphatic heterocycles. The maximum atomic E-state index is 13.7. The normalized spacial score (nSPS) is 40.8. The van der Waals surface area contributed by atoms with Crippen LogP contribution in [0.15, 0.2) is 66.7 Å². The minimum atomic E-state index is -0.0923. The maximum absolute atomic E-state index is 13.7. The zero-order valence-corrected chi connectivity index (χ0v) is 16.1. The quantitative estimate of drug-likeness (QED) is 0.435. The van der Waals surface area contributed by atoms with Crippen molar-refractivity contribution in [2.45, 2.75) is 12.8 Å². The summed E-state index contributed by atoms with van der Waals surface area (Å²) >= 11 is 0. The molecule has 1 heterocycles. The Morgan fingerprint density at radius 1 is 0.690 bits per heavy atom. The molecule has 0 spiro atoms. The Morgan fingerprint density at radius 3 is 1.93 bits per heavy atom. The van der Waals surface area contributed by atoms with Crippen molar-refractivity contribution >= 4 is 17.5 Å². The number of carbonyl (C=O) groups excluding carboxylic acids is 2. The average molecular weight is 381 g/mol. The number of amides is 2. The van der Waals surface area contributed by atoms with Crippen LogP contribution in [0.4, 0.5) is 5.69 Å². The van der Waals surface area contributed by atoms with E-state index in [1.807, 2.05) is 54.6 Å². The molecular weight excluding hydrogens is 358 g/mol. The SMILES string of the molecule is O=C1C2C3CC(C2C(=O)N1c1ccccc1-c1ccccc1)C1C2C=CC(C2)C31. The smallest absolute Gasteiger partial charge is 0.238 e. The topological polar surface area (TPSA) is 37.4 Å². The van der Waals surface area contributed by atoms with Crippen LogP contribution in [0.25, 0.3) is 11.1 Å². The van der Waals surface area contributed by atoms with Gasteiger partial charge in [-0.25, -0.2) is 4.90 Å². The highest BCUT2D eigenvalue weighted by molar-refractivity contribution is 6.24. The first-order valence-corrected chi connectivity index (χ1v) is 10.9. The summed E-state index contributed by atoms with van der Waals surface area (Å²) in [6.45, 7) is 0. The van der Waals surface area contributed by atoms with Gasteiger partial charge in [0.2, 0.25) is 11.8 Å². The molecule has 3 heteroatoms. The van der Waals surface area contributed by atoms with Crippen molar-refractivity contribution in [1.82, 2.24) is 0 Å². The van der Waals surface area contributed by atoms with E-state index in [4.69, 9.17) is 0 Å². The highest BCUT2D eigenvalue weighted by Gasteiger charge is 2.71. The second-order valence-corrected chi connectivity index (χ2v) is 9.61. The fourth-order valence-electron chi connectivity index (χ4n) is 7.89. The molecule has 3 saturated carbocycles. The van der Waals surface area contributed by atoms with E-state index in [1.54, 1.807) is 4.90 Å². The van der Waals surface area contributed by atoms with E-state index < -0.39 is 0 Å². The number of fused-ring (bicyclic) bond motifs is 12. The molecule has 0 aromatic heterocycles. The van der Waals surface area contributed by atoms with Crippen LogP contribution in [-0.2, 0) is 9.59 Å². The van der Waals surface area contributed by atoms with E-state index in [2.05, 4.69) is 12.2 Å². The third-order valence-corrected chi connectivity index (χ3v) is 8.67. The standard InChI is InChI=1S/C26H23NO2/c28-25-23-18-13-19(22-16-11-10-15(12-16)21(18)22)24(23)26(29)27(25)20-9-5-4-8-17(20)14-6-2-1-3-7-14/h1-11,15-16,18-19,21-24H,12-13H2. The summed E-state index contributed by atoms with van der Waals surface area (Å²) in [6, 6.07) is 17.9. The molecule has 0 radical (unpaired) electrons. The van der Waals surface area contributed by atoms with Gasteiger partial charge in [-0.3, -0.25) is 9.59 Å². The molecule has 4 aliphatic carbocycles. The number of benzene rings is 2. The van der Waals surface area contributed by atoms with Crippen molar-refractivity contribution in [3.63, 3.8) is 0 Å². The summed E-state index contributed by atoms with van der Waals surface area (Å²) in [4.78, 5) is 28.9. The van der Waals surface area contributed by atoms with E-state index >= 15 is 0 Å². The monoisotopic (exact) mass is 381 g/mol. The number of imide groups is 1. The number of anilines is 1. The highest BCUT2D eigenvalue weighted by atomic mass is 16.2. The van der Waals surface area contributed by atoms with Crippen LogP contribution in [-0.4, -0.2) is 11.8 Å². The molecule has 144 valence electrons. The van der Waals surface area contributed by atoms with Gasteiger partial charge < -0.3 is 0 Å². The Bertz CT molecular complexity index is 1030. The lowest BCUT2D eigenvalue weighted by atomic mass is 9.65. The van der Waals surface area contributed by atoms with Crippen LogP contribution in [0.3, 0.4) is 0 Å². The van der Waals surface area contributed by atoms with Gasteiger partial charge in [-0.2, -0.15) is 0 Å². The predicted octanol–water partition coefficient (Wildman–Crippen LogP) is 4.55. The Hall–Kier alpha value is -2.68. The third kappa shape index (κ3) is 1.89. The summed E-state index contributed by atoms with van der Waals surface area (Å²) in [5, 5.41) is 0. The van der Waals surface area contributed by atoms with Crippen LogP contribution in [0, 0.1) is 47.3 Å². The number of hydrogen-bond donors (Lipinski definition) is 0. The minimum Gasteiger partial charge on any atom is -0.274 e. The zero-order chi connectivity index (χ0) is 19.3. The van der Waals surface area contributed by atoms with E-state index in [1.165, 1.54) is 6.42 Å². The zero-order valence-electron chi connectivity index (χ0n) is 16.1. The van der Waals surface area contributed by atoms with Gasteiger partial charge in [-0.1, -0.05) is 60.7 Å². The first-order chi connectivity index (χ1) is 14.2.